The Morgan fingerprint density at radius 1 is 1.00 bits per heavy atom. The van der Waals surface area contributed by atoms with E-state index in [1.807, 2.05) is 42.5 Å². The first-order valence-electron chi connectivity index (χ1n) is 10.7. The number of H-pyrrole nitrogens is 1. The summed E-state index contributed by atoms with van der Waals surface area (Å²) in [4.78, 5) is 23.9. The van der Waals surface area contributed by atoms with E-state index < -0.39 is 15.6 Å². The second kappa shape index (κ2) is 8.79. The fourth-order valence-electron chi connectivity index (χ4n) is 4.00. The van der Waals surface area contributed by atoms with Gasteiger partial charge in [0.05, 0.1) is 22.5 Å². The first-order chi connectivity index (χ1) is 16.8. The highest BCUT2D eigenvalue weighted by Gasteiger charge is 2.13. The van der Waals surface area contributed by atoms with Crippen LogP contribution in [0, 0.1) is 0 Å². The van der Waals surface area contributed by atoms with Crippen molar-refractivity contribution in [1.82, 2.24) is 9.97 Å². The zero-order chi connectivity index (χ0) is 24.6. The van der Waals surface area contributed by atoms with E-state index in [0.717, 1.165) is 27.6 Å². The van der Waals surface area contributed by atoms with Gasteiger partial charge in [-0.25, -0.2) is 13.6 Å². The van der Waals surface area contributed by atoms with Crippen LogP contribution in [0.3, 0.4) is 0 Å². The number of aliphatic imine (C=N–C) groups is 1. The summed E-state index contributed by atoms with van der Waals surface area (Å²) in [7, 11) is -3.77. The molecule has 9 heteroatoms. The number of aromatic amines is 1. The zero-order valence-electron chi connectivity index (χ0n) is 18.3. The van der Waals surface area contributed by atoms with E-state index in [1.54, 1.807) is 24.4 Å². The van der Waals surface area contributed by atoms with Crippen molar-refractivity contribution in [2.75, 3.05) is 0 Å². The van der Waals surface area contributed by atoms with Crippen molar-refractivity contribution in [1.29, 1.82) is 0 Å². The van der Waals surface area contributed by atoms with Gasteiger partial charge in [0.2, 0.25) is 15.9 Å². The lowest BCUT2D eigenvalue weighted by atomic mass is 9.98. The van der Waals surface area contributed by atoms with Crippen LogP contribution in [0.25, 0.3) is 32.8 Å². The summed E-state index contributed by atoms with van der Waals surface area (Å²) in [6, 6.07) is 21.2. The number of nitrogens with zero attached hydrogens (tertiary/aromatic N) is 2. The number of nitrogens with one attached hydrogen (secondary N) is 1. The van der Waals surface area contributed by atoms with Gasteiger partial charge in [0.15, 0.2) is 0 Å². The van der Waals surface area contributed by atoms with Crippen LogP contribution in [0.4, 0.5) is 0 Å². The maximum Gasteiger partial charge on any atom is 0.258 e. The molecule has 0 spiro atoms. The average molecular weight is 485 g/mol. The molecular weight excluding hydrogens is 464 g/mol. The van der Waals surface area contributed by atoms with Crippen LogP contribution in [0.2, 0.25) is 0 Å². The van der Waals surface area contributed by atoms with E-state index in [0.29, 0.717) is 16.3 Å². The summed E-state index contributed by atoms with van der Waals surface area (Å²) in [5.41, 5.74) is 3.31. The third-order valence-electron chi connectivity index (χ3n) is 5.73. The Morgan fingerprint density at radius 3 is 2.54 bits per heavy atom. The third kappa shape index (κ3) is 4.42. The van der Waals surface area contributed by atoms with Crippen LogP contribution >= 0.6 is 0 Å². The number of hydrogen-bond acceptors (Lipinski definition) is 6. The van der Waals surface area contributed by atoms with Crippen molar-refractivity contribution in [3.63, 3.8) is 0 Å². The maximum absolute atomic E-state index is 12.5. The number of benzene rings is 3. The van der Waals surface area contributed by atoms with E-state index >= 15 is 0 Å². The summed E-state index contributed by atoms with van der Waals surface area (Å²) in [5.74, 6) is -0.288. The van der Waals surface area contributed by atoms with Crippen molar-refractivity contribution in [2.45, 2.75) is 11.4 Å². The van der Waals surface area contributed by atoms with Crippen molar-refractivity contribution in [2.24, 2.45) is 10.1 Å². The highest BCUT2D eigenvalue weighted by Crippen LogP contribution is 2.31. The largest absolute Gasteiger partial charge is 0.494 e. The van der Waals surface area contributed by atoms with Gasteiger partial charge in [-0.15, -0.1) is 0 Å². The molecule has 0 saturated heterocycles. The molecule has 2 aromatic heterocycles. The summed E-state index contributed by atoms with van der Waals surface area (Å²) in [6.45, 7) is 0.234. The van der Waals surface area contributed by atoms with E-state index in [1.165, 1.54) is 18.3 Å². The smallest absolute Gasteiger partial charge is 0.258 e. The van der Waals surface area contributed by atoms with E-state index in [9.17, 15) is 18.3 Å². The van der Waals surface area contributed by atoms with Gasteiger partial charge in [-0.2, -0.15) is 0 Å². The number of rotatable bonds is 5. The Balaban J connectivity index is 1.56. The van der Waals surface area contributed by atoms with Crippen molar-refractivity contribution < 1.29 is 13.5 Å². The van der Waals surface area contributed by atoms with Gasteiger partial charge in [-0.05, 0) is 41.5 Å². The van der Waals surface area contributed by atoms with Crippen LogP contribution < -0.4 is 10.7 Å². The zero-order valence-corrected chi connectivity index (χ0v) is 19.2. The molecule has 35 heavy (non-hydrogen) atoms. The number of primary sulfonamides is 1. The fourth-order valence-corrected chi connectivity index (χ4v) is 4.51. The lowest BCUT2D eigenvalue weighted by molar-refractivity contribution is 0.452. The first kappa shape index (κ1) is 22.5. The Hall–Kier alpha value is -4.34. The highest BCUT2D eigenvalue weighted by atomic mass is 32.2. The molecule has 5 aromatic rings. The lowest BCUT2D eigenvalue weighted by Gasteiger charge is -2.09. The van der Waals surface area contributed by atoms with Gasteiger partial charge in [0.25, 0.3) is 5.56 Å². The van der Waals surface area contributed by atoms with Crippen LogP contribution in [-0.2, 0) is 16.6 Å². The maximum atomic E-state index is 12.5. The normalized spacial score (nSPS) is 12.0. The fraction of sp³-hybridized carbons (Fsp3) is 0.0385. The van der Waals surface area contributed by atoms with E-state index in [2.05, 4.69) is 15.0 Å². The molecule has 0 unspecified atom stereocenters. The van der Waals surface area contributed by atoms with Crippen molar-refractivity contribution in [3.8, 4) is 17.0 Å². The number of sulfonamides is 1. The topological polar surface area (TPSA) is 138 Å². The average Bonchev–Trinajstić information content (AvgIpc) is 2.85. The number of aromatic hydroxyl groups is 1. The summed E-state index contributed by atoms with van der Waals surface area (Å²) >= 11 is 0. The van der Waals surface area contributed by atoms with E-state index in [-0.39, 0.29) is 17.3 Å². The molecule has 0 bridgehead atoms. The summed E-state index contributed by atoms with van der Waals surface area (Å²) < 4.78 is 22.8. The standard InChI is InChI=1S/C26H20N4O4S/c27-35(33,34)19-9-6-16(7-10-19)14-28-15-23-22-13-18(8-11-21(22)25(31)30-26(23)32)20-5-1-3-17-4-2-12-29-24(17)20/h1-13,15H,14H2,(H2,27,33,34)(H2,30,31,32). The predicted molar refractivity (Wildman–Crippen MR) is 136 cm³/mol. The van der Waals surface area contributed by atoms with Crippen molar-refractivity contribution >= 4 is 37.9 Å². The highest BCUT2D eigenvalue weighted by molar-refractivity contribution is 7.89. The first-order valence-corrected chi connectivity index (χ1v) is 12.2. The molecule has 5 rings (SSSR count). The molecule has 0 amide bonds. The van der Waals surface area contributed by atoms with Gasteiger partial charge in [-0.3, -0.25) is 19.8 Å². The third-order valence-corrected chi connectivity index (χ3v) is 6.66. The minimum Gasteiger partial charge on any atom is -0.494 e. The molecule has 4 N–H and O–H groups in total. The van der Waals surface area contributed by atoms with Crippen LogP contribution in [0.5, 0.6) is 5.88 Å². The summed E-state index contributed by atoms with van der Waals surface area (Å²) in [5, 5.41) is 17.6. The Bertz CT molecular complexity index is 1770. The molecular formula is C26H20N4O4S. The van der Waals surface area contributed by atoms with Gasteiger partial charge in [-0.1, -0.05) is 42.5 Å². The number of aromatic nitrogens is 2. The molecule has 0 aliphatic carbocycles. The van der Waals surface area contributed by atoms with Crippen LogP contribution in [0.15, 0.2) is 93.7 Å². The quantitative estimate of drug-likeness (QED) is 0.326. The van der Waals surface area contributed by atoms with Crippen LogP contribution in [-0.4, -0.2) is 29.7 Å². The monoisotopic (exact) mass is 484 g/mol. The Labute approximate surface area is 200 Å². The molecule has 0 saturated carbocycles. The molecule has 3 aromatic carbocycles. The van der Waals surface area contributed by atoms with Gasteiger partial charge >= 0.3 is 0 Å². The van der Waals surface area contributed by atoms with Crippen molar-refractivity contribution in [3.05, 3.63) is 100 Å². The number of hydrogen-bond donors (Lipinski definition) is 3. The number of pyridine rings is 2. The van der Waals surface area contributed by atoms with Gasteiger partial charge < -0.3 is 5.11 Å². The van der Waals surface area contributed by atoms with Gasteiger partial charge in [0.1, 0.15) is 0 Å². The molecule has 0 aliphatic rings. The van der Waals surface area contributed by atoms with E-state index in [4.69, 9.17) is 5.14 Å². The second-order valence-electron chi connectivity index (χ2n) is 8.02. The molecule has 2 heterocycles. The molecule has 0 atom stereocenters. The SMILES string of the molecule is NS(=O)(=O)c1ccc(CN=Cc2c(O)[nH]c(=O)c3ccc(-c4cccc5cccnc45)cc23)cc1. The second-order valence-corrected chi connectivity index (χ2v) is 9.58. The molecule has 8 nitrogen and oxygen atoms in total. The Morgan fingerprint density at radius 2 is 1.77 bits per heavy atom. The molecule has 0 aliphatic heterocycles. The number of para-hydroxylation sites is 1. The lowest BCUT2D eigenvalue weighted by Crippen LogP contribution is -2.11. The summed E-state index contributed by atoms with van der Waals surface area (Å²) in [6.07, 6.45) is 3.23. The minimum atomic E-state index is -3.77. The minimum absolute atomic E-state index is 0.0185. The Kier molecular flexibility index (Phi) is 5.64. The molecule has 0 radical (unpaired) electrons. The molecule has 0 fully saturated rings. The number of fused-ring (bicyclic) bond motifs is 2. The number of nitrogens with two attached hydrogens (primary N) is 1. The van der Waals surface area contributed by atoms with Crippen LogP contribution in [0.1, 0.15) is 11.1 Å². The van der Waals surface area contributed by atoms with Gasteiger partial charge in [0, 0.05) is 34.1 Å². The molecule has 174 valence electrons. The predicted octanol–water partition coefficient (Wildman–Crippen LogP) is 3.72.